The molecule has 0 radical (unpaired) electrons. The van der Waals surface area contributed by atoms with E-state index in [4.69, 9.17) is 5.73 Å². The predicted octanol–water partition coefficient (Wildman–Crippen LogP) is 0.850. The van der Waals surface area contributed by atoms with Crippen LogP contribution < -0.4 is 11.1 Å². The van der Waals surface area contributed by atoms with E-state index in [0.717, 1.165) is 10.9 Å². The standard InChI is InChI=1S/C14H16N4O2/c1-14(6-5-11(19)16-13(14)20)12-9-4-3-8(15)7-10(9)18(2)17-12/h3-4,7H,5-6,15H2,1-2H3,(H,16,19,20). The Balaban J connectivity index is 2.19. The van der Waals surface area contributed by atoms with Crippen LogP contribution in [0.5, 0.6) is 0 Å². The number of imide groups is 1. The quantitative estimate of drug-likeness (QED) is 0.595. The lowest BCUT2D eigenvalue weighted by Crippen LogP contribution is -2.50. The fraction of sp³-hybridized carbons (Fsp3) is 0.357. The summed E-state index contributed by atoms with van der Waals surface area (Å²) >= 11 is 0. The number of aromatic nitrogens is 2. The first-order chi connectivity index (χ1) is 9.41. The van der Waals surface area contributed by atoms with E-state index in [1.807, 2.05) is 26.1 Å². The summed E-state index contributed by atoms with van der Waals surface area (Å²) in [7, 11) is 1.82. The molecule has 2 heterocycles. The Kier molecular flexibility index (Phi) is 2.57. The molecule has 0 saturated carbocycles. The van der Waals surface area contributed by atoms with Crippen LogP contribution in [-0.4, -0.2) is 21.6 Å². The van der Waals surface area contributed by atoms with Crippen molar-refractivity contribution in [2.24, 2.45) is 7.05 Å². The van der Waals surface area contributed by atoms with Crippen molar-refractivity contribution in [2.75, 3.05) is 5.73 Å². The molecule has 1 aliphatic rings. The number of aryl methyl sites for hydroxylation is 1. The van der Waals surface area contributed by atoms with Gasteiger partial charge in [0.1, 0.15) is 0 Å². The maximum atomic E-state index is 12.2. The Bertz CT molecular complexity index is 734. The van der Waals surface area contributed by atoms with Crippen molar-refractivity contribution >= 4 is 28.4 Å². The molecule has 3 rings (SSSR count). The lowest BCUT2D eigenvalue weighted by atomic mass is 9.77. The minimum Gasteiger partial charge on any atom is -0.399 e. The van der Waals surface area contributed by atoms with Crippen molar-refractivity contribution in [3.8, 4) is 0 Å². The fourth-order valence-electron chi connectivity index (χ4n) is 2.71. The predicted molar refractivity (Wildman–Crippen MR) is 74.9 cm³/mol. The largest absolute Gasteiger partial charge is 0.399 e. The van der Waals surface area contributed by atoms with Crippen molar-refractivity contribution < 1.29 is 9.59 Å². The second-order valence-corrected chi connectivity index (χ2v) is 5.46. The number of hydrogen-bond acceptors (Lipinski definition) is 4. The number of fused-ring (bicyclic) bond motifs is 1. The molecule has 2 aromatic rings. The monoisotopic (exact) mass is 272 g/mol. The highest BCUT2D eigenvalue weighted by Crippen LogP contribution is 2.36. The van der Waals surface area contributed by atoms with Gasteiger partial charge in [0.05, 0.1) is 16.6 Å². The summed E-state index contributed by atoms with van der Waals surface area (Å²) in [4.78, 5) is 23.6. The molecule has 0 spiro atoms. The van der Waals surface area contributed by atoms with Crippen LogP contribution in [0.3, 0.4) is 0 Å². The average molecular weight is 272 g/mol. The van der Waals surface area contributed by atoms with Gasteiger partial charge < -0.3 is 5.73 Å². The van der Waals surface area contributed by atoms with Gasteiger partial charge in [-0.3, -0.25) is 19.6 Å². The van der Waals surface area contributed by atoms with E-state index in [1.165, 1.54) is 0 Å². The molecule has 20 heavy (non-hydrogen) atoms. The molecule has 2 amide bonds. The van der Waals surface area contributed by atoms with E-state index in [-0.39, 0.29) is 11.8 Å². The molecule has 6 heteroatoms. The molecule has 1 atom stereocenters. The lowest BCUT2D eigenvalue weighted by molar-refractivity contribution is -0.137. The number of piperidine rings is 1. The molecule has 1 unspecified atom stereocenters. The zero-order valence-electron chi connectivity index (χ0n) is 11.4. The molecule has 1 aromatic carbocycles. The van der Waals surface area contributed by atoms with Crippen LogP contribution in [0.1, 0.15) is 25.5 Å². The number of nitrogens with one attached hydrogen (secondary N) is 1. The second kappa shape index (κ2) is 4.06. The van der Waals surface area contributed by atoms with Crippen molar-refractivity contribution in [3.63, 3.8) is 0 Å². The van der Waals surface area contributed by atoms with Crippen LogP contribution in [0.25, 0.3) is 10.9 Å². The van der Waals surface area contributed by atoms with Crippen LogP contribution in [0.4, 0.5) is 5.69 Å². The number of nitrogens with zero attached hydrogens (tertiary/aromatic N) is 2. The van der Waals surface area contributed by atoms with Gasteiger partial charge in [-0.1, -0.05) is 0 Å². The Labute approximate surface area is 115 Å². The van der Waals surface area contributed by atoms with E-state index in [2.05, 4.69) is 10.4 Å². The minimum atomic E-state index is -0.788. The number of rotatable bonds is 1. The van der Waals surface area contributed by atoms with Crippen molar-refractivity contribution in [2.45, 2.75) is 25.2 Å². The normalized spacial score (nSPS) is 23.1. The Morgan fingerprint density at radius 3 is 2.85 bits per heavy atom. The van der Waals surface area contributed by atoms with E-state index < -0.39 is 5.41 Å². The number of carbonyl (C=O) groups is 2. The Morgan fingerprint density at radius 1 is 1.40 bits per heavy atom. The van der Waals surface area contributed by atoms with Crippen molar-refractivity contribution in [3.05, 3.63) is 23.9 Å². The molecular weight excluding hydrogens is 256 g/mol. The number of amides is 2. The van der Waals surface area contributed by atoms with Crippen molar-refractivity contribution in [1.29, 1.82) is 0 Å². The summed E-state index contributed by atoms with van der Waals surface area (Å²) in [5.74, 6) is -0.512. The fourth-order valence-corrected chi connectivity index (χ4v) is 2.71. The van der Waals surface area contributed by atoms with Crippen LogP contribution in [0.2, 0.25) is 0 Å². The summed E-state index contributed by atoms with van der Waals surface area (Å²) in [5.41, 5.74) is 7.23. The molecule has 1 fully saturated rings. The number of nitrogen functional groups attached to an aromatic ring is 1. The maximum absolute atomic E-state index is 12.2. The topological polar surface area (TPSA) is 90.0 Å². The molecule has 104 valence electrons. The minimum absolute atomic E-state index is 0.225. The molecule has 0 bridgehead atoms. The molecular formula is C14H16N4O2. The third-order valence-corrected chi connectivity index (χ3v) is 4.00. The highest BCUT2D eigenvalue weighted by atomic mass is 16.2. The highest BCUT2D eigenvalue weighted by Gasteiger charge is 2.43. The van der Waals surface area contributed by atoms with Gasteiger partial charge in [0, 0.05) is 24.5 Å². The van der Waals surface area contributed by atoms with Crippen LogP contribution in [0.15, 0.2) is 18.2 Å². The van der Waals surface area contributed by atoms with Gasteiger partial charge in [-0.25, -0.2) is 0 Å². The number of benzene rings is 1. The SMILES string of the molecule is Cn1nc(C2(C)CCC(=O)NC2=O)c2ccc(N)cc21. The van der Waals surface area contributed by atoms with Crippen LogP contribution in [0, 0.1) is 0 Å². The summed E-state index contributed by atoms with van der Waals surface area (Å²) in [6.45, 7) is 1.83. The Hall–Kier alpha value is -2.37. The molecule has 1 saturated heterocycles. The number of hydrogen-bond donors (Lipinski definition) is 2. The van der Waals surface area contributed by atoms with Gasteiger partial charge in [0.25, 0.3) is 0 Å². The van der Waals surface area contributed by atoms with Gasteiger partial charge in [-0.2, -0.15) is 5.10 Å². The Morgan fingerprint density at radius 2 is 2.15 bits per heavy atom. The first kappa shape index (κ1) is 12.7. The zero-order chi connectivity index (χ0) is 14.5. The van der Waals surface area contributed by atoms with Gasteiger partial charge >= 0.3 is 0 Å². The summed E-state index contributed by atoms with van der Waals surface area (Å²) in [6, 6.07) is 5.51. The smallest absolute Gasteiger partial charge is 0.238 e. The number of nitrogens with two attached hydrogens (primary N) is 1. The molecule has 6 nitrogen and oxygen atoms in total. The van der Waals surface area contributed by atoms with Crippen molar-refractivity contribution in [1.82, 2.24) is 15.1 Å². The maximum Gasteiger partial charge on any atom is 0.238 e. The molecule has 0 aliphatic carbocycles. The lowest BCUT2D eigenvalue weighted by Gasteiger charge is -2.30. The molecule has 1 aliphatic heterocycles. The number of anilines is 1. The molecule has 1 aromatic heterocycles. The summed E-state index contributed by atoms with van der Waals surface area (Å²) in [5, 5.41) is 7.79. The van der Waals surface area contributed by atoms with E-state index in [1.54, 1.807) is 10.7 Å². The zero-order valence-corrected chi connectivity index (χ0v) is 11.4. The molecule has 3 N–H and O–H groups in total. The third-order valence-electron chi connectivity index (χ3n) is 4.00. The van der Waals surface area contributed by atoms with Crippen LogP contribution >= 0.6 is 0 Å². The van der Waals surface area contributed by atoms with E-state index >= 15 is 0 Å². The summed E-state index contributed by atoms with van der Waals surface area (Å²) in [6.07, 6.45) is 0.795. The average Bonchev–Trinajstić information content (AvgIpc) is 2.72. The van der Waals surface area contributed by atoms with E-state index in [0.29, 0.717) is 24.2 Å². The van der Waals surface area contributed by atoms with Gasteiger partial charge in [0.15, 0.2) is 0 Å². The van der Waals surface area contributed by atoms with E-state index in [9.17, 15) is 9.59 Å². The highest BCUT2D eigenvalue weighted by molar-refractivity contribution is 6.05. The van der Waals surface area contributed by atoms with Gasteiger partial charge in [-0.15, -0.1) is 0 Å². The van der Waals surface area contributed by atoms with Gasteiger partial charge in [-0.05, 0) is 31.5 Å². The first-order valence-corrected chi connectivity index (χ1v) is 6.49. The van der Waals surface area contributed by atoms with Gasteiger partial charge in [0.2, 0.25) is 11.8 Å². The number of carbonyl (C=O) groups excluding carboxylic acids is 2. The third kappa shape index (κ3) is 1.68. The van der Waals surface area contributed by atoms with Crippen LogP contribution in [-0.2, 0) is 22.1 Å². The first-order valence-electron chi connectivity index (χ1n) is 6.49. The second-order valence-electron chi connectivity index (χ2n) is 5.46. The summed E-state index contributed by atoms with van der Waals surface area (Å²) < 4.78 is 1.72.